The standard InChI is InChI=1S/C21H21FO3/c22-19-11-16(20(24)12-23)5-8-21(19)25-17-6-3-14(4-7-17)18-10-13-1-2-15(18)9-13/h3-8,11,13,15,18,23H,1-2,9-10,12H2. The molecule has 1 N–H and O–H groups in total. The van der Waals surface area contributed by atoms with Crippen LogP contribution in [0.25, 0.3) is 0 Å². The molecular weight excluding hydrogens is 319 g/mol. The number of carbonyl (C=O) groups is 1. The lowest BCUT2D eigenvalue weighted by molar-refractivity contribution is 0.0903. The Hall–Kier alpha value is -2.20. The molecule has 0 spiro atoms. The molecule has 3 atom stereocenters. The first kappa shape index (κ1) is 16.3. The van der Waals surface area contributed by atoms with Crippen LogP contribution in [-0.4, -0.2) is 17.5 Å². The molecule has 2 aliphatic rings. The van der Waals surface area contributed by atoms with Gasteiger partial charge in [0.05, 0.1) is 0 Å². The maximum atomic E-state index is 14.1. The number of ketones is 1. The highest BCUT2D eigenvalue weighted by atomic mass is 19.1. The fourth-order valence-corrected chi connectivity index (χ4v) is 4.41. The summed E-state index contributed by atoms with van der Waals surface area (Å²) in [7, 11) is 0. The van der Waals surface area contributed by atoms with Gasteiger partial charge in [-0.05, 0) is 72.9 Å². The number of carbonyl (C=O) groups excluding carboxylic acids is 1. The van der Waals surface area contributed by atoms with Crippen LogP contribution in [0.4, 0.5) is 4.39 Å². The molecule has 4 heteroatoms. The topological polar surface area (TPSA) is 46.5 Å². The van der Waals surface area contributed by atoms with Crippen LogP contribution in [0.5, 0.6) is 11.5 Å². The highest BCUT2D eigenvalue weighted by Crippen LogP contribution is 2.52. The van der Waals surface area contributed by atoms with Gasteiger partial charge in [-0.2, -0.15) is 0 Å². The van der Waals surface area contributed by atoms with Gasteiger partial charge >= 0.3 is 0 Å². The van der Waals surface area contributed by atoms with Crippen LogP contribution in [0, 0.1) is 17.7 Å². The molecule has 2 aromatic rings. The smallest absolute Gasteiger partial charge is 0.188 e. The molecule has 3 unspecified atom stereocenters. The van der Waals surface area contributed by atoms with Gasteiger partial charge < -0.3 is 9.84 Å². The first-order valence-corrected chi connectivity index (χ1v) is 8.85. The van der Waals surface area contributed by atoms with E-state index in [1.54, 1.807) is 0 Å². The minimum Gasteiger partial charge on any atom is -0.454 e. The van der Waals surface area contributed by atoms with Gasteiger partial charge in [0.15, 0.2) is 17.3 Å². The van der Waals surface area contributed by atoms with E-state index in [1.807, 2.05) is 12.1 Å². The third kappa shape index (κ3) is 3.19. The second-order valence-electron chi connectivity index (χ2n) is 7.18. The summed E-state index contributed by atoms with van der Waals surface area (Å²) in [6.45, 7) is -0.635. The first-order chi connectivity index (χ1) is 12.1. The van der Waals surface area contributed by atoms with E-state index in [2.05, 4.69) is 12.1 Å². The first-order valence-electron chi connectivity index (χ1n) is 8.85. The SMILES string of the molecule is O=C(CO)c1ccc(Oc2ccc(C3CC4CCC3C4)cc2)c(F)c1. The number of hydrogen-bond acceptors (Lipinski definition) is 3. The quantitative estimate of drug-likeness (QED) is 0.803. The third-order valence-electron chi connectivity index (χ3n) is 5.67. The van der Waals surface area contributed by atoms with Crippen LogP contribution in [0.1, 0.15) is 47.5 Å². The maximum Gasteiger partial charge on any atom is 0.188 e. The Balaban J connectivity index is 1.47. The van der Waals surface area contributed by atoms with Crippen molar-refractivity contribution in [2.45, 2.75) is 31.6 Å². The van der Waals surface area contributed by atoms with Crippen LogP contribution >= 0.6 is 0 Å². The van der Waals surface area contributed by atoms with Crippen molar-refractivity contribution in [2.24, 2.45) is 11.8 Å². The molecule has 3 nitrogen and oxygen atoms in total. The number of aliphatic hydroxyl groups is 1. The molecule has 0 radical (unpaired) electrons. The molecule has 4 rings (SSSR count). The predicted octanol–water partition coefficient (Wildman–Crippen LogP) is 4.70. The van der Waals surface area contributed by atoms with Gasteiger partial charge in [-0.3, -0.25) is 4.79 Å². The summed E-state index contributed by atoms with van der Waals surface area (Å²) >= 11 is 0. The number of Topliss-reactive ketones (excluding diaryl/α,β-unsaturated/α-hetero) is 1. The minimum absolute atomic E-state index is 0.0714. The number of benzene rings is 2. The normalized spacial score (nSPS) is 24.5. The second kappa shape index (κ2) is 6.60. The number of hydrogen-bond donors (Lipinski definition) is 1. The molecule has 0 aliphatic heterocycles. The lowest BCUT2D eigenvalue weighted by atomic mass is 9.83. The van der Waals surface area contributed by atoms with E-state index in [4.69, 9.17) is 9.84 Å². The fourth-order valence-electron chi connectivity index (χ4n) is 4.41. The van der Waals surface area contributed by atoms with Gasteiger partial charge in [-0.1, -0.05) is 18.6 Å². The summed E-state index contributed by atoms with van der Waals surface area (Å²) in [5, 5.41) is 8.84. The molecular formula is C21H21FO3. The monoisotopic (exact) mass is 340 g/mol. The van der Waals surface area contributed by atoms with Crippen molar-refractivity contribution in [3.63, 3.8) is 0 Å². The summed E-state index contributed by atoms with van der Waals surface area (Å²) in [6, 6.07) is 11.9. The Bertz CT molecular complexity index is 784. The zero-order chi connectivity index (χ0) is 17.4. The molecule has 0 heterocycles. The van der Waals surface area contributed by atoms with Gasteiger partial charge in [0.2, 0.25) is 0 Å². The second-order valence-corrected chi connectivity index (χ2v) is 7.18. The summed E-state index contributed by atoms with van der Waals surface area (Å²) in [4.78, 5) is 11.4. The van der Waals surface area contributed by atoms with E-state index in [1.165, 1.54) is 43.4 Å². The molecule has 2 bridgehead atoms. The van der Waals surface area contributed by atoms with Crippen LogP contribution in [0.15, 0.2) is 42.5 Å². The molecule has 2 saturated carbocycles. The number of rotatable bonds is 5. The highest BCUT2D eigenvalue weighted by molar-refractivity contribution is 5.97. The van der Waals surface area contributed by atoms with Gasteiger partial charge in [-0.25, -0.2) is 4.39 Å². The van der Waals surface area contributed by atoms with Crippen molar-refractivity contribution in [2.75, 3.05) is 6.61 Å². The molecule has 0 aromatic heterocycles. The molecule has 2 aromatic carbocycles. The van der Waals surface area contributed by atoms with Gasteiger partial charge in [0.25, 0.3) is 0 Å². The Kier molecular flexibility index (Phi) is 4.30. The van der Waals surface area contributed by atoms with Crippen molar-refractivity contribution < 1.29 is 19.0 Å². The van der Waals surface area contributed by atoms with E-state index in [9.17, 15) is 9.18 Å². The third-order valence-corrected chi connectivity index (χ3v) is 5.67. The Morgan fingerprint density at radius 2 is 1.92 bits per heavy atom. The van der Waals surface area contributed by atoms with E-state index in [0.717, 1.165) is 17.9 Å². The van der Waals surface area contributed by atoms with Crippen LogP contribution in [0.3, 0.4) is 0 Å². The summed E-state index contributed by atoms with van der Waals surface area (Å²) in [6.07, 6.45) is 5.39. The van der Waals surface area contributed by atoms with Crippen LogP contribution < -0.4 is 4.74 Å². The Labute approximate surface area is 146 Å². The molecule has 2 aliphatic carbocycles. The largest absolute Gasteiger partial charge is 0.454 e. The molecule has 2 fully saturated rings. The van der Waals surface area contributed by atoms with Crippen LogP contribution in [-0.2, 0) is 0 Å². The average molecular weight is 340 g/mol. The van der Waals surface area contributed by atoms with Crippen molar-refractivity contribution in [1.29, 1.82) is 0 Å². The van der Waals surface area contributed by atoms with Crippen molar-refractivity contribution in [3.05, 3.63) is 59.4 Å². The minimum atomic E-state index is -0.635. The zero-order valence-corrected chi connectivity index (χ0v) is 14.0. The van der Waals surface area contributed by atoms with Crippen molar-refractivity contribution >= 4 is 5.78 Å². The average Bonchev–Trinajstić information content (AvgIpc) is 3.27. The summed E-state index contributed by atoms with van der Waals surface area (Å²) in [5.74, 6) is 1.91. The highest BCUT2D eigenvalue weighted by Gasteiger charge is 2.39. The molecule has 0 amide bonds. The Morgan fingerprint density at radius 1 is 1.12 bits per heavy atom. The van der Waals surface area contributed by atoms with Gasteiger partial charge in [0.1, 0.15) is 12.4 Å². The number of ether oxygens (including phenoxy) is 1. The predicted molar refractivity (Wildman–Crippen MR) is 92.5 cm³/mol. The molecule has 0 saturated heterocycles. The van der Waals surface area contributed by atoms with Gasteiger partial charge in [-0.15, -0.1) is 0 Å². The van der Waals surface area contributed by atoms with E-state index in [0.29, 0.717) is 11.7 Å². The number of fused-ring (bicyclic) bond motifs is 2. The Morgan fingerprint density at radius 3 is 2.52 bits per heavy atom. The maximum absolute atomic E-state index is 14.1. The molecule has 25 heavy (non-hydrogen) atoms. The summed E-state index contributed by atoms with van der Waals surface area (Å²) in [5.41, 5.74) is 1.49. The van der Waals surface area contributed by atoms with Crippen LogP contribution in [0.2, 0.25) is 0 Å². The van der Waals surface area contributed by atoms with Crippen molar-refractivity contribution in [3.8, 4) is 11.5 Å². The van der Waals surface area contributed by atoms with E-state index < -0.39 is 18.2 Å². The van der Waals surface area contributed by atoms with Gasteiger partial charge in [0, 0.05) is 5.56 Å². The lowest BCUT2D eigenvalue weighted by Crippen LogP contribution is -2.08. The number of aliphatic hydroxyl groups excluding tert-OH is 1. The fraction of sp³-hybridized carbons (Fsp3) is 0.381. The van der Waals surface area contributed by atoms with E-state index >= 15 is 0 Å². The summed E-state index contributed by atoms with van der Waals surface area (Å²) < 4.78 is 19.7. The van der Waals surface area contributed by atoms with Crippen molar-refractivity contribution in [1.82, 2.24) is 0 Å². The number of halogens is 1. The lowest BCUT2D eigenvalue weighted by Gasteiger charge is -2.22. The zero-order valence-electron chi connectivity index (χ0n) is 14.0. The molecule has 130 valence electrons. The van der Waals surface area contributed by atoms with E-state index in [-0.39, 0.29) is 11.3 Å².